The summed E-state index contributed by atoms with van der Waals surface area (Å²) >= 11 is 0. The van der Waals surface area contributed by atoms with E-state index in [4.69, 9.17) is 9.47 Å². The average molecular weight is 460 g/mol. The Bertz CT molecular complexity index is 1360. The van der Waals surface area contributed by atoms with Gasteiger partial charge in [-0.05, 0) is 30.7 Å². The molecular weight excluding hydrogens is 434 g/mol. The van der Waals surface area contributed by atoms with Crippen molar-refractivity contribution in [3.05, 3.63) is 99.2 Å². The van der Waals surface area contributed by atoms with Gasteiger partial charge in [0.1, 0.15) is 0 Å². The second kappa shape index (κ2) is 9.66. The smallest absolute Gasteiger partial charge is 0.273 e. The number of nitrogens with one attached hydrogen (secondary N) is 2. The molecule has 0 radical (unpaired) electrons. The lowest BCUT2D eigenvalue weighted by molar-refractivity contribution is -0.385. The predicted molar refractivity (Wildman–Crippen MR) is 130 cm³/mol. The number of nitrogens with zero attached hydrogens (tertiary/aromatic N) is 1. The topological polar surface area (TPSA) is 106 Å². The Morgan fingerprint density at radius 3 is 2.59 bits per heavy atom. The average Bonchev–Trinajstić information content (AvgIpc) is 3.28. The largest absolute Gasteiger partial charge is 0.493 e. The number of aromatic nitrogens is 1. The summed E-state index contributed by atoms with van der Waals surface area (Å²) in [5.74, 6) is 0.506. The van der Waals surface area contributed by atoms with Crippen molar-refractivity contribution in [2.75, 3.05) is 20.8 Å². The molecule has 1 aromatic heterocycles. The van der Waals surface area contributed by atoms with E-state index >= 15 is 0 Å². The first-order valence-electron chi connectivity index (χ1n) is 10.7. The van der Waals surface area contributed by atoms with Gasteiger partial charge in [0, 0.05) is 52.3 Å². The van der Waals surface area contributed by atoms with E-state index in [-0.39, 0.29) is 23.7 Å². The molecule has 0 aliphatic carbocycles. The third-order valence-corrected chi connectivity index (χ3v) is 5.94. The van der Waals surface area contributed by atoms with E-state index in [2.05, 4.69) is 10.3 Å². The Morgan fingerprint density at radius 2 is 1.85 bits per heavy atom. The van der Waals surface area contributed by atoms with Crippen molar-refractivity contribution < 1.29 is 19.2 Å². The molecule has 0 fully saturated rings. The van der Waals surface area contributed by atoms with Crippen LogP contribution in [-0.2, 0) is 0 Å². The second-order valence-electron chi connectivity index (χ2n) is 7.89. The quantitative estimate of drug-likeness (QED) is 0.286. The first kappa shape index (κ1) is 22.8. The fraction of sp³-hybridized carbons (Fsp3) is 0.192. The number of hydrogen-bond donors (Lipinski definition) is 2. The highest BCUT2D eigenvalue weighted by Crippen LogP contribution is 2.40. The Morgan fingerprint density at radius 1 is 1.06 bits per heavy atom. The standard InChI is InChI=1S/C26H25N3O5/c1-16-11-12-17(13-23(16)29(31)32)26(30)28-15-21(19-8-6-10-24(33-2)25(19)34-3)20-14-27-22-9-5-4-7-18(20)22/h4-14,21,27H,15H2,1-3H3,(H,28,30). The summed E-state index contributed by atoms with van der Waals surface area (Å²) in [6, 6.07) is 18.0. The zero-order valence-electron chi connectivity index (χ0n) is 19.1. The van der Waals surface area contributed by atoms with Gasteiger partial charge in [0.05, 0.1) is 19.1 Å². The number of aromatic amines is 1. The number of amides is 1. The predicted octanol–water partition coefficient (Wildman–Crippen LogP) is 4.96. The van der Waals surface area contributed by atoms with Crippen molar-refractivity contribution in [3.8, 4) is 11.5 Å². The molecule has 174 valence electrons. The Balaban J connectivity index is 1.72. The first-order valence-corrected chi connectivity index (χ1v) is 10.7. The third-order valence-electron chi connectivity index (χ3n) is 5.94. The van der Waals surface area contributed by atoms with E-state index < -0.39 is 10.8 Å². The molecule has 1 atom stereocenters. The van der Waals surface area contributed by atoms with Crippen LogP contribution in [0.15, 0.2) is 66.9 Å². The van der Waals surface area contributed by atoms with Crippen LogP contribution >= 0.6 is 0 Å². The molecule has 0 aliphatic rings. The van der Waals surface area contributed by atoms with Crippen LogP contribution in [-0.4, -0.2) is 36.6 Å². The maximum absolute atomic E-state index is 13.0. The number of aryl methyl sites for hydroxylation is 1. The molecule has 2 N–H and O–H groups in total. The summed E-state index contributed by atoms with van der Waals surface area (Å²) in [5, 5.41) is 15.3. The molecule has 0 saturated carbocycles. The molecule has 8 heteroatoms. The van der Waals surface area contributed by atoms with Crippen molar-refractivity contribution in [3.63, 3.8) is 0 Å². The number of fused-ring (bicyclic) bond motifs is 1. The number of carbonyl (C=O) groups is 1. The van der Waals surface area contributed by atoms with Gasteiger partial charge in [0.25, 0.3) is 11.6 Å². The minimum Gasteiger partial charge on any atom is -0.493 e. The number of H-pyrrole nitrogens is 1. The number of para-hydroxylation sites is 2. The van der Waals surface area contributed by atoms with Gasteiger partial charge >= 0.3 is 0 Å². The van der Waals surface area contributed by atoms with E-state index in [1.54, 1.807) is 33.3 Å². The minimum absolute atomic E-state index is 0.0877. The van der Waals surface area contributed by atoms with Gasteiger partial charge in [-0.25, -0.2) is 0 Å². The number of methoxy groups -OCH3 is 2. The fourth-order valence-electron chi connectivity index (χ4n) is 4.20. The molecule has 0 bridgehead atoms. The molecule has 0 spiro atoms. The normalized spacial score (nSPS) is 11.7. The summed E-state index contributed by atoms with van der Waals surface area (Å²) in [6.45, 7) is 1.88. The number of benzene rings is 3. The van der Waals surface area contributed by atoms with Crippen molar-refractivity contribution in [1.29, 1.82) is 0 Å². The zero-order valence-corrected chi connectivity index (χ0v) is 19.1. The molecule has 1 unspecified atom stereocenters. The van der Waals surface area contributed by atoms with Crippen LogP contribution in [0.5, 0.6) is 11.5 Å². The van der Waals surface area contributed by atoms with E-state index in [0.29, 0.717) is 17.1 Å². The number of rotatable bonds is 8. The monoisotopic (exact) mass is 459 g/mol. The molecule has 4 rings (SSSR count). The van der Waals surface area contributed by atoms with E-state index in [1.165, 1.54) is 6.07 Å². The van der Waals surface area contributed by atoms with Crippen molar-refractivity contribution in [2.45, 2.75) is 12.8 Å². The van der Waals surface area contributed by atoms with Crippen LogP contribution < -0.4 is 14.8 Å². The Hall–Kier alpha value is -4.33. The molecule has 0 aliphatic heterocycles. The van der Waals surface area contributed by atoms with Gasteiger partial charge in [-0.15, -0.1) is 0 Å². The number of nitro benzene ring substituents is 1. The van der Waals surface area contributed by atoms with Crippen LogP contribution in [0.2, 0.25) is 0 Å². The number of ether oxygens (including phenoxy) is 2. The van der Waals surface area contributed by atoms with Crippen LogP contribution in [0.25, 0.3) is 10.9 Å². The van der Waals surface area contributed by atoms with Gasteiger partial charge < -0.3 is 19.8 Å². The highest BCUT2D eigenvalue weighted by atomic mass is 16.6. The van der Waals surface area contributed by atoms with Crippen LogP contribution in [0, 0.1) is 17.0 Å². The van der Waals surface area contributed by atoms with Crippen LogP contribution in [0.3, 0.4) is 0 Å². The Labute approximate surface area is 196 Å². The molecule has 1 heterocycles. The van der Waals surface area contributed by atoms with Crippen molar-refractivity contribution in [2.24, 2.45) is 0 Å². The van der Waals surface area contributed by atoms with E-state index in [9.17, 15) is 14.9 Å². The lowest BCUT2D eigenvalue weighted by atomic mass is 9.89. The summed E-state index contributed by atoms with van der Waals surface area (Å²) in [6.07, 6.45) is 1.93. The minimum atomic E-state index is -0.484. The molecular formula is C26H25N3O5. The second-order valence-corrected chi connectivity index (χ2v) is 7.89. The lowest BCUT2D eigenvalue weighted by Crippen LogP contribution is -2.29. The van der Waals surface area contributed by atoms with Crippen LogP contribution in [0.1, 0.15) is 33.0 Å². The van der Waals surface area contributed by atoms with Gasteiger partial charge in [-0.3, -0.25) is 14.9 Å². The zero-order chi connectivity index (χ0) is 24.2. The number of carbonyl (C=O) groups excluding carboxylic acids is 1. The summed E-state index contributed by atoms with van der Waals surface area (Å²) in [5.41, 5.74) is 3.45. The van der Waals surface area contributed by atoms with Crippen molar-refractivity contribution >= 4 is 22.5 Å². The highest BCUT2D eigenvalue weighted by molar-refractivity contribution is 5.95. The highest BCUT2D eigenvalue weighted by Gasteiger charge is 2.25. The third kappa shape index (κ3) is 4.30. The first-order chi connectivity index (χ1) is 16.4. The number of nitro groups is 1. The van der Waals surface area contributed by atoms with Gasteiger partial charge in [0.2, 0.25) is 0 Å². The fourth-order valence-corrected chi connectivity index (χ4v) is 4.20. The van der Waals surface area contributed by atoms with Gasteiger partial charge in [0.15, 0.2) is 11.5 Å². The molecule has 1 amide bonds. The lowest BCUT2D eigenvalue weighted by Gasteiger charge is -2.22. The number of hydrogen-bond acceptors (Lipinski definition) is 5. The van der Waals surface area contributed by atoms with Crippen LogP contribution in [0.4, 0.5) is 5.69 Å². The Kier molecular flexibility index (Phi) is 6.49. The molecule has 8 nitrogen and oxygen atoms in total. The molecule has 0 saturated heterocycles. The molecule has 4 aromatic rings. The SMILES string of the molecule is COc1cccc(C(CNC(=O)c2ccc(C)c([N+](=O)[O-])c2)c2c[nH]c3ccccc23)c1OC. The maximum Gasteiger partial charge on any atom is 0.273 e. The van der Waals surface area contributed by atoms with E-state index in [0.717, 1.165) is 22.0 Å². The maximum atomic E-state index is 13.0. The van der Waals surface area contributed by atoms with Gasteiger partial charge in [-0.1, -0.05) is 36.4 Å². The van der Waals surface area contributed by atoms with E-state index in [1.807, 2.05) is 48.7 Å². The summed E-state index contributed by atoms with van der Waals surface area (Å²) < 4.78 is 11.2. The molecule has 3 aromatic carbocycles. The summed E-state index contributed by atoms with van der Waals surface area (Å²) in [4.78, 5) is 27.1. The summed E-state index contributed by atoms with van der Waals surface area (Å²) in [7, 11) is 3.16. The van der Waals surface area contributed by atoms with Crippen molar-refractivity contribution in [1.82, 2.24) is 10.3 Å². The molecule has 34 heavy (non-hydrogen) atoms. The van der Waals surface area contributed by atoms with Gasteiger partial charge in [-0.2, -0.15) is 0 Å².